The van der Waals surface area contributed by atoms with Gasteiger partial charge in [-0.2, -0.15) is 0 Å². The molecule has 2 rings (SSSR count). The van der Waals surface area contributed by atoms with E-state index in [0.717, 1.165) is 24.2 Å². The Kier molecular flexibility index (Phi) is 3.80. The second-order valence-electron chi connectivity index (χ2n) is 4.28. The lowest BCUT2D eigenvalue weighted by atomic mass is 9.89. The zero-order valence-corrected chi connectivity index (χ0v) is 9.90. The van der Waals surface area contributed by atoms with Crippen molar-refractivity contribution in [2.45, 2.75) is 31.6 Å². The summed E-state index contributed by atoms with van der Waals surface area (Å²) < 4.78 is 11.0. The summed E-state index contributed by atoms with van der Waals surface area (Å²) in [6, 6.07) is 8.75. The molecule has 3 heteroatoms. The van der Waals surface area contributed by atoms with Crippen LogP contribution in [-0.2, 0) is 11.3 Å². The fraction of sp³-hybridized carbons (Fsp3) is 0.538. The average molecular weight is 221 g/mol. The standard InChI is InChI=1S/C13H19NO2/c1-14-11-7-13(8-11)16-12-5-3-4-10(6-12)9-15-2/h3-6,11,13-14H,7-9H2,1-2H3. The Morgan fingerprint density at radius 2 is 2.19 bits per heavy atom. The van der Waals surface area contributed by atoms with Gasteiger partial charge in [0.1, 0.15) is 11.9 Å². The van der Waals surface area contributed by atoms with Crippen LogP contribution in [-0.4, -0.2) is 26.3 Å². The number of hydrogen-bond acceptors (Lipinski definition) is 3. The van der Waals surface area contributed by atoms with Crippen molar-refractivity contribution >= 4 is 0 Å². The summed E-state index contributed by atoms with van der Waals surface area (Å²) in [5, 5.41) is 3.25. The number of rotatable bonds is 5. The Balaban J connectivity index is 1.87. The van der Waals surface area contributed by atoms with Crippen LogP contribution in [0.4, 0.5) is 0 Å². The molecule has 16 heavy (non-hydrogen) atoms. The van der Waals surface area contributed by atoms with Crippen LogP contribution in [0.2, 0.25) is 0 Å². The van der Waals surface area contributed by atoms with Crippen LogP contribution >= 0.6 is 0 Å². The fourth-order valence-electron chi connectivity index (χ4n) is 1.97. The van der Waals surface area contributed by atoms with Crippen LogP contribution in [0.5, 0.6) is 5.75 Å². The van der Waals surface area contributed by atoms with E-state index in [1.807, 2.05) is 25.2 Å². The van der Waals surface area contributed by atoms with E-state index in [2.05, 4.69) is 11.4 Å². The van der Waals surface area contributed by atoms with Crippen molar-refractivity contribution < 1.29 is 9.47 Å². The first kappa shape index (κ1) is 11.4. The molecule has 0 aromatic heterocycles. The summed E-state index contributed by atoms with van der Waals surface area (Å²) >= 11 is 0. The first-order valence-electron chi connectivity index (χ1n) is 5.73. The SMILES string of the molecule is CNC1CC(Oc2cccc(COC)c2)C1. The predicted molar refractivity (Wildman–Crippen MR) is 63.7 cm³/mol. The molecule has 0 unspecified atom stereocenters. The van der Waals surface area contributed by atoms with E-state index in [4.69, 9.17) is 9.47 Å². The van der Waals surface area contributed by atoms with Gasteiger partial charge >= 0.3 is 0 Å². The maximum atomic E-state index is 5.87. The number of methoxy groups -OCH3 is 1. The third-order valence-corrected chi connectivity index (χ3v) is 3.02. The number of nitrogens with one attached hydrogen (secondary N) is 1. The smallest absolute Gasteiger partial charge is 0.120 e. The zero-order chi connectivity index (χ0) is 11.4. The van der Waals surface area contributed by atoms with Gasteiger partial charge in [-0.1, -0.05) is 12.1 Å². The van der Waals surface area contributed by atoms with Crippen LogP contribution in [0.15, 0.2) is 24.3 Å². The van der Waals surface area contributed by atoms with Crippen molar-refractivity contribution in [1.29, 1.82) is 0 Å². The minimum Gasteiger partial charge on any atom is -0.490 e. The number of benzene rings is 1. The van der Waals surface area contributed by atoms with Crippen molar-refractivity contribution in [1.82, 2.24) is 5.32 Å². The maximum absolute atomic E-state index is 5.87. The van der Waals surface area contributed by atoms with Crippen molar-refractivity contribution in [3.63, 3.8) is 0 Å². The highest BCUT2D eigenvalue weighted by Crippen LogP contribution is 2.26. The van der Waals surface area contributed by atoms with Crippen LogP contribution in [0, 0.1) is 0 Å². The third kappa shape index (κ3) is 2.74. The van der Waals surface area contributed by atoms with E-state index in [1.54, 1.807) is 7.11 Å². The van der Waals surface area contributed by atoms with Gasteiger partial charge in [0.25, 0.3) is 0 Å². The Morgan fingerprint density at radius 3 is 2.88 bits per heavy atom. The van der Waals surface area contributed by atoms with Gasteiger partial charge in [-0.15, -0.1) is 0 Å². The minimum absolute atomic E-state index is 0.371. The zero-order valence-electron chi connectivity index (χ0n) is 9.90. The molecule has 1 aliphatic carbocycles. The van der Waals surface area contributed by atoms with Crippen molar-refractivity contribution in [2.24, 2.45) is 0 Å². The molecule has 1 saturated carbocycles. The van der Waals surface area contributed by atoms with Crippen LogP contribution in [0.3, 0.4) is 0 Å². The molecule has 88 valence electrons. The lowest BCUT2D eigenvalue weighted by Crippen LogP contribution is -2.45. The number of hydrogen-bond donors (Lipinski definition) is 1. The molecule has 1 fully saturated rings. The molecule has 0 radical (unpaired) electrons. The Morgan fingerprint density at radius 1 is 1.38 bits per heavy atom. The highest BCUT2D eigenvalue weighted by molar-refractivity contribution is 5.28. The van der Waals surface area contributed by atoms with Gasteiger partial charge < -0.3 is 14.8 Å². The monoisotopic (exact) mass is 221 g/mol. The topological polar surface area (TPSA) is 30.5 Å². The molecule has 1 aromatic carbocycles. The Labute approximate surface area is 96.8 Å². The van der Waals surface area contributed by atoms with E-state index >= 15 is 0 Å². The highest BCUT2D eigenvalue weighted by Gasteiger charge is 2.29. The molecule has 1 aromatic rings. The molecule has 1 N–H and O–H groups in total. The van der Waals surface area contributed by atoms with Crippen molar-refractivity contribution in [3.8, 4) is 5.75 Å². The van der Waals surface area contributed by atoms with Gasteiger partial charge in [0.05, 0.1) is 6.61 Å². The van der Waals surface area contributed by atoms with Gasteiger partial charge in [0.2, 0.25) is 0 Å². The Hall–Kier alpha value is -1.06. The second kappa shape index (κ2) is 5.32. The van der Waals surface area contributed by atoms with E-state index in [-0.39, 0.29) is 0 Å². The Bertz CT molecular complexity index is 334. The largest absolute Gasteiger partial charge is 0.490 e. The van der Waals surface area contributed by atoms with Gasteiger partial charge in [0.15, 0.2) is 0 Å². The molecular weight excluding hydrogens is 202 g/mol. The molecule has 3 nitrogen and oxygen atoms in total. The molecule has 1 aliphatic rings. The van der Waals surface area contributed by atoms with Gasteiger partial charge in [-0.05, 0) is 37.6 Å². The lowest BCUT2D eigenvalue weighted by molar-refractivity contribution is 0.0881. The lowest BCUT2D eigenvalue weighted by Gasteiger charge is -2.35. The quantitative estimate of drug-likeness (QED) is 0.824. The molecule has 0 amide bonds. The fourth-order valence-corrected chi connectivity index (χ4v) is 1.97. The van der Waals surface area contributed by atoms with Crippen molar-refractivity contribution in [3.05, 3.63) is 29.8 Å². The first-order chi connectivity index (χ1) is 7.81. The summed E-state index contributed by atoms with van der Waals surface area (Å²) in [4.78, 5) is 0. The van der Waals surface area contributed by atoms with Crippen LogP contribution in [0.25, 0.3) is 0 Å². The van der Waals surface area contributed by atoms with Crippen LogP contribution < -0.4 is 10.1 Å². The van der Waals surface area contributed by atoms with Gasteiger partial charge in [-0.3, -0.25) is 0 Å². The molecule has 0 atom stereocenters. The van der Waals surface area contributed by atoms with E-state index in [0.29, 0.717) is 18.8 Å². The van der Waals surface area contributed by atoms with Gasteiger partial charge in [0, 0.05) is 13.2 Å². The molecule has 0 saturated heterocycles. The van der Waals surface area contributed by atoms with Crippen LogP contribution in [0.1, 0.15) is 18.4 Å². The normalized spacial score (nSPS) is 23.9. The molecule has 0 spiro atoms. The summed E-state index contributed by atoms with van der Waals surface area (Å²) in [6.45, 7) is 0.640. The second-order valence-corrected chi connectivity index (χ2v) is 4.28. The molecule has 0 heterocycles. The predicted octanol–water partition coefficient (Wildman–Crippen LogP) is 1.96. The highest BCUT2D eigenvalue weighted by atomic mass is 16.5. The summed E-state index contributed by atoms with van der Waals surface area (Å²) in [6.07, 6.45) is 2.57. The van der Waals surface area contributed by atoms with Gasteiger partial charge in [-0.25, -0.2) is 0 Å². The molecule has 0 aliphatic heterocycles. The minimum atomic E-state index is 0.371. The summed E-state index contributed by atoms with van der Waals surface area (Å²) in [5.41, 5.74) is 1.16. The van der Waals surface area contributed by atoms with E-state index in [1.165, 1.54) is 0 Å². The molecular formula is C13H19NO2. The summed E-state index contributed by atoms with van der Waals surface area (Å²) in [7, 11) is 3.71. The summed E-state index contributed by atoms with van der Waals surface area (Å²) in [5.74, 6) is 0.953. The van der Waals surface area contributed by atoms with E-state index in [9.17, 15) is 0 Å². The van der Waals surface area contributed by atoms with Crippen molar-refractivity contribution in [2.75, 3.05) is 14.2 Å². The number of ether oxygens (including phenoxy) is 2. The molecule has 0 bridgehead atoms. The first-order valence-corrected chi connectivity index (χ1v) is 5.73. The maximum Gasteiger partial charge on any atom is 0.120 e. The van der Waals surface area contributed by atoms with E-state index < -0.39 is 0 Å². The average Bonchev–Trinajstić information content (AvgIpc) is 2.24. The third-order valence-electron chi connectivity index (χ3n) is 3.02.